The van der Waals surface area contributed by atoms with E-state index >= 15 is 0 Å². The van der Waals surface area contributed by atoms with Gasteiger partial charge in [-0.1, -0.05) is 17.8 Å². The Balaban J connectivity index is 1.39. The van der Waals surface area contributed by atoms with Gasteiger partial charge in [-0.2, -0.15) is 0 Å². The van der Waals surface area contributed by atoms with E-state index < -0.39 is 0 Å². The van der Waals surface area contributed by atoms with Crippen molar-refractivity contribution in [1.29, 1.82) is 0 Å². The van der Waals surface area contributed by atoms with Crippen LogP contribution in [0.1, 0.15) is 41.4 Å². The first-order valence-electron chi connectivity index (χ1n) is 11.4. The smallest absolute Gasteiger partial charge is 0.233 e. The summed E-state index contributed by atoms with van der Waals surface area (Å²) in [5.74, 6) is 9.13. The molecule has 4 rings (SSSR count). The summed E-state index contributed by atoms with van der Waals surface area (Å²) in [4.78, 5) is 15.1. The lowest BCUT2D eigenvalue weighted by molar-refractivity contribution is -0.129. The van der Waals surface area contributed by atoms with Crippen LogP contribution in [0.5, 0.6) is 17.2 Å². The Hall–Kier alpha value is -3.40. The number of carbonyl (C=O) groups excluding carboxylic acids is 1. The Morgan fingerprint density at radius 2 is 1.86 bits per heavy atom. The fraction of sp³-hybridized carbons (Fsp3) is 0.400. The second kappa shape index (κ2) is 10.9. The van der Waals surface area contributed by atoms with Crippen molar-refractivity contribution in [3.63, 3.8) is 0 Å². The van der Waals surface area contributed by atoms with Crippen molar-refractivity contribution in [3.8, 4) is 17.2 Å². The number of hydrogen-bond acceptors (Lipinski definition) is 8. The molecule has 0 bridgehead atoms. The lowest BCUT2D eigenvalue weighted by atomic mass is 10.0. The zero-order valence-electron chi connectivity index (χ0n) is 20.5. The summed E-state index contributed by atoms with van der Waals surface area (Å²) >= 11 is 1.27. The van der Waals surface area contributed by atoms with Crippen molar-refractivity contribution in [2.75, 3.05) is 32.4 Å². The van der Waals surface area contributed by atoms with Crippen LogP contribution in [0.25, 0.3) is 0 Å². The lowest BCUT2D eigenvalue weighted by Gasteiger charge is -2.26. The normalized spacial score (nSPS) is 15.3. The van der Waals surface area contributed by atoms with Gasteiger partial charge in [-0.25, -0.2) is 4.68 Å². The zero-order valence-corrected chi connectivity index (χ0v) is 21.3. The average Bonchev–Trinajstić information content (AvgIpc) is 3.47. The van der Waals surface area contributed by atoms with Gasteiger partial charge in [-0.3, -0.25) is 4.79 Å². The van der Waals surface area contributed by atoms with Gasteiger partial charge in [0, 0.05) is 12.1 Å². The molecule has 1 aromatic heterocycles. The molecule has 186 valence electrons. The Morgan fingerprint density at radius 1 is 1.09 bits per heavy atom. The quantitative estimate of drug-likeness (QED) is 0.353. The molecule has 1 unspecified atom stereocenters. The number of benzene rings is 2. The molecule has 0 spiro atoms. The molecule has 35 heavy (non-hydrogen) atoms. The molecular weight excluding hydrogens is 466 g/mol. The highest BCUT2D eigenvalue weighted by atomic mass is 32.2. The number of likely N-dealkylation sites (tertiary alicyclic amines) is 1. The van der Waals surface area contributed by atoms with Crippen molar-refractivity contribution in [3.05, 3.63) is 58.9 Å². The lowest BCUT2D eigenvalue weighted by Crippen LogP contribution is -2.32. The number of nitrogens with zero attached hydrogens (tertiary/aromatic N) is 4. The summed E-state index contributed by atoms with van der Waals surface area (Å²) in [6.07, 6.45) is 1.79. The van der Waals surface area contributed by atoms with Crippen LogP contribution in [0, 0.1) is 13.8 Å². The van der Waals surface area contributed by atoms with Gasteiger partial charge < -0.3 is 25.0 Å². The molecule has 2 heterocycles. The molecule has 0 aliphatic carbocycles. The van der Waals surface area contributed by atoms with E-state index in [9.17, 15) is 4.79 Å². The van der Waals surface area contributed by atoms with Crippen molar-refractivity contribution in [2.24, 2.45) is 0 Å². The summed E-state index contributed by atoms with van der Waals surface area (Å²) in [7, 11) is 3.27. The zero-order chi connectivity index (χ0) is 24.9. The number of methoxy groups -OCH3 is 2. The first-order valence-corrected chi connectivity index (χ1v) is 12.4. The van der Waals surface area contributed by atoms with Gasteiger partial charge >= 0.3 is 0 Å². The van der Waals surface area contributed by atoms with Crippen LogP contribution in [-0.4, -0.2) is 52.2 Å². The molecule has 1 amide bonds. The summed E-state index contributed by atoms with van der Waals surface area (Å²) in [6.45, 7) is 4.91. The Labute approximate surface area is 209 Å². The fourth-order valence-electron chi connectivity index (χ4n) is 4.37. The van der Waals surface area contributed by atoms with Crippen molar-refractivity contribution in [1.82, 2.24) is 19.8 Å². The Bertz CT molecular complexity index is 1180. The fourth-order valence-corrected chi connectivity index (χ4v) is 5.13. The highest BCUT2D eigenvalue weighted by Crippen LogP contribution is 2.39. The Morgan fingerprint density at radius 3 is 2.57 bits per heavy atom. The molecule has 9 nitrogen and oxygen atoms in total. The van der Waals surface area contributed by atoms with Gasteiger partial charge in [0.05, 0.1) is 26.0 Å². The van der Waals surface area contributed by atoms with Crippen LogP contribution >= 0.6 is 11.8 Å². The minimum atomic E-state index is -0.0642. The summed E-state index contributed by atoms with van der Waals surface area (Å²) in [5, 5.41) is 8.76. The molecule has 0 saturated carbocycles. The van der Waals surface area contributed by atoms with Crippen LogP contribution < -0.4 is 20.1 Å². The predicted octanol–water partition coefficient (Wildman–Crippen LogP) is 3.66. The maximum absolute atomic E-state index is 13.2. The van der Waals surface area contributed by atoms with Gasteiger partial charge in [-0.05, 0) is 68.1 Å². The summed E-state index contributed by atoms with van der Waals surface area (Å²) in [5.41, 5.74) is 3.20. The average molecular weight is 498 g/mol. The Kier molecular flexibility index (Phi) is 7.70. The number of nitrogens with two attached hydrogens (primary N) is 1. The van der Waals surface area contributed by atoms with Gasteiger partial charge in [0.1, 0.15) is 23.9 Å². The molecule has 1 aliphatic rings. The SMILES string of the molecule is COc1ccc(OC)c(C2CCCN2C(=O)CSc2nnc(COc3cc(C)cc(C)c3)n2N)c1. The number of carbonyl (C=O) groups is 1. The molecule has 1 aliphatic heterocycles. The van der Waals surface area contributed by atoms with Crippen molar-refractivity contribution >= 4 is 17.7 Å². The first kappa shape index (κ1) is 24.7. The molecule has 3 aromatic rings. The first-order chi connectivity index (χ1) is 16.9. The molecule has 2 aromatic carbocycles. The van der Waals surface area contributed by atoms with Crippen LogP contribution in [0.4, 0.5) is 0 Å². The van der Waals surface area contributed by atoms with E-state index in [0.29, 0.717) is 17.5 Å². The van der Waals surface area contributed by atoms with E-state index in [2.05, 4.69) is 16.3 Å². The topological polar surface area (TPSA) is 105 Å². The third kappa shape index (κ3) is 5.64. The standard InChI is InChI=1S/C25H31N5O4S/c1-16-10-17(2)12-19(11-16)34-14-23-27-28-25(30(23)26)35-15-24(31)29-9-5-6-21(29)20-13-18(32-3)7-8-22(20)33-4/h7-8,10-13,21H,5-6,9,14-15,26H2,1-4H3. The minimum absolute atomic E-state index is 0.0124. The third-order valence-corrected chi connectivity index (χ3v) is 6.92. The van der Waals surface area contributed by atoms with Crippen molar-refractivity contribution < 1.29 is 19.0 Å². The largest absolute Gasteiger partial charge is 0.497 e. The number of ether oxygens (including phenoxy) is 3. The molecule has 1 fully saturated rings. The monoisotopic (exact) mass is 497 g/mol. The highest BCUT2D eigenvalue weighted by molar-refractivity contribution is 7.99. The number of aromatic nitrogens is 3. The van der Waals surface area contributed by atoms with Gasteiger partial charge in [0.2, 0.25) is 11.1 Å². The van der Waals surface area contributed by atoms with E-state index in [1.54, 1.807) is 14.2 Å². The second-order valence-corrected chi connectivity index (χ2v) is 9.47. The summed E-state index contributed by atoms with van der Waals surface area (Å²) < 4.78 is 18.2. The maximum Gasteiger partial charge on any atom is 0.233 e. The van der Waals surface area contributed by atoms with Crippen LogP contribution in [-0.2, 0) is 11.4 Å². The molecule has 1 saturated heterocycles. The van der Waals surface area contributed by atoms with E-state index in [0.717, 1.165) is 46.8 Å². The molecule has 10 heteroatoms. The molecule has 2 N–H and O–H groups in total. The van der Waals surface area contributed by atoms with Crippen molar-refractivity contribution in [2.45, 2.75) is 44.5 Å². The number of nitrogen functional groups attached to an aromatic ring is 1. The van der Waals surface area contributed by atoms with Gasteiger partial charge in [0.15, 0.2) is 5.82 Å². The maximum atomic E-state index is 13.2. The van der Waals surface area contributed by atoms with Crippen LogP contribution in [0.3, 0.4) is 0 Å². The van der Waals surface area contributed by atoms with E-state index in [-0.39, 0.29) is 24.3 Å². The number of aryl methyl sites for hydroxylation is 2. The van der Waals surface area contributed by atoms with Gasteiger partial charge in [-0.15, -0.1) is 10.2 Å². The second-order valence-electron chi connectivity index (χ2n) is 8.52. The number of hydrogen-bond donors (Lipinski definition) is 1. The summed E-state index contributed by atoms with van der Waals surface area (Å²) in [6, 6.07) is 11.6. The van der Waals surface area contributed by atoms with E-state index in [1.807, 2.05) is 49.1 Å². The molecular formula is C25H31N5O4S. The number of rotatable bonds is 9. The number of thioether (sulfide) groups is 1. The molecule has 0 radical (unpaired) electrons. The van der Waals surface area contributed by atoms with E-state index in [1.165, 1.54) is 16.4 Å². The minimum Gasteiger partial charge on any atom is -0.497 e. The van der Waals surface area contributed by atoms with Gasteiger partial charge in [0.25, 0.3) is 0 Å². The van der Waals surface area contributed by atoms with Crippen LogP contribution in [0.2, 0.25) is 0 Å². The third-order valence-electron chi connectivity index (χ3n) is 5.99. The predicted molar refractivity (Wildman–Crippen MR) is 134 cm³/mol. The molecule has 1 atom stereocenters. The van der Waals surface area contributed by atoms with Crippen LogP contribution in [0.15, 0.2) is 41.6 Å². The van der Waals surface area contributed by atoms with E-state index in [4.69, 9.17) is 20.1 Å². The number of amides is 1. The highest BCUT2D eigenvalue weighted by Gasteiger charge is 2.32.